The van der Waals surface area contributed by atoms with Gasteiger partial charge in [0.05, 0.1) is 5.52 Å². The molecule has 0 atom stereocenters. The third-order valence-electron chi connectivity index (χ3n) is 2.99. The highest BCUT2D eigenvalue weighted by atomic mass is 79.9. The number of hydrogen-bond acceptors (Lipinski definition) is 4. The number of aryl methyl sites for hydroxylation is 1. The SMILES string of the molecule is CNc1nc(-c2cscc2C)nc2ccc(Br)cc12. The molecule has 0 saturated heterocycles. The van der Waals surface area contributed by atoms with E-state index in [1.807, 2.05) is 25.2 Å². The van der Waals surface area contributed by atoms with E-state index in [0.717, 1.165) is 32.6 Å². The Morgan fingerprint density at radius 1 is 1.21 bits per heavy atom. The molecule has 1 N–H and O–H groups in total. The highest BCUT2D eigenvalue weighted by molar-refractivity contribution is 9.10. The molecule has 1 aromatic carbocycles. The standard InChI is InChI=1S/C14H12BrN3S/c1-8-6-19-7-11(8)14-17-12-4-3-9(15)5-10(12)13(16-2)18-14/h3-7H,1-2H3,(H,16,17,18). The van der Waals surface area contributed by atoms with Crippen LogP contribution in [0.25, 0.3) is 22.3 Å². The van der Waals surface area contributed by atoms with Crippen LogP contribution in [0, 0.1) is 6.92 Å². The third-order valence-corrected chi connectivity index (χ3v) is 4.35. The first kappa shape index (κ1) is 12.6. The number of aromatic nitrogens is 2. The first-order chi connectivity index (χ1) is 9.19. The second-order valence-electron chi connectivity index (χ2n) is 4.28. The number of rotatable bonds is 2. The maximum Gasteiger partial charge on any atom is 0.163 e. The zero-order chi connectivity index (χ0) is 13.4. The van der Waals surface area contributed by atoms with Gasteiger partial charge in [0.2, 0.25) is 0 Å². The second kappa shape index (κ2) is 4.90. The molecule has 0 bridgehead atoms. The molecule has 0 fully saturated rings. The van der Waals surface area contributed by atoms with Gasteiger partial charge in [0.15, 0.2) is 5.82 Å². The van der Waals surface area contributed by atoms with Crippen molar-refractivity contribution >= 4 is 44.0 Å². The van der Waals surface area contributed by atoms with E-state index >= 15 is 0 Å². The summed E-state index contributed by atoms with van der Waals surface area (Å²) in [6.45, 7) is 2.08. The largest absolute Gasteiger partial charge is 0.373 e. The maximum absolute atomic E-state index is 4.66. The first-order valence-corrected chi connectivity index (χ1v) is 7.61. The van der Waals surface area contributed by atoms with Gasteiger partial charge in [0, 0.05) is 27.9 Å². The van der Waals surface area contributed by atoms with Gasteiger partial charge in [-0.2, -0.15) is 11.3 Å². The molecule has 0 unspecified atom stereocenters. The molecule has 2 heterocycles. The van der Waals surface area contributed by atoms with Crippen LogP contribution in [-0.4, -0.2) is 17.0 Å². The summed E-state index contributed by atoms with van der Waals surface area (Å²) in [4.78, 5) is 9.29. The minimum Gasteiger partial charge on any atom is -0.373 e. The normalized spacial score (nSPS) is 10.9. The van der Waals surface area contributed by atoms with Gasteiger partial charge in [-0.05, 0) is 36.1 Å². The molecular formula is C14H12BrN3S. The zero-order valence-corrected chi connectivity index (χ0v) is 13.0. The Morgan fingerprint density at radius 2 is 2.05 bits per heavy atom. The Hall–Kier alpha value is -1.46. The van der Waals surface area contributed by atoms with Crippen molar-refractivity contribution < 1.29 is 0 Å². The van der Waals surface area contributed by atoms with Crippen molar-refractivity contribution in [2.24, 2.45) is 0 Å². The van der Waals surface area contributed by atoms with Crippen LogP contribution >= 0.6 is 27.3 Å². The minimum absolute atomic E-state index is 0.776. The van der Waals surface area contributed by atoms with Crippen LogP contribution in [0.15, 0.2) is 33.4 Å². The Bertz CT molecular complexity index is 752. The van der Waals surface area contributed by atoms with Gasteiger partial charge >= 0.3 is 0 Å². The Balaban J connectivity index is 2.29. The van der Waals surface area contributed by atoms with E-state index in [4.69, 9.17) is 0 Å². The minimum atomic E-state index is 0.776. The summed E-state index contributed by atoms with van der Waals surface area (Å²) in [5, 5.41) is 8.38. The van der Waals surface area contributed by atoms with Gasteiger partial charge in [0.1, 0.15) is 5.82 Å². The zero-order valence-electron chi connectivity index (χ0n) is 10.6. The van der Waals surface area contributed by atoms with E-state index in [0.29, 0.717) is 0 Å². The lowest BCUT2D eigenvalue weighted by molar-refractivity contribution is 1.21. The summed E-state index contributed by atoms with van der Waals surface area (Å²) in [6.07, 6.45) is 0. The number of fused-ring (bicyclic) bond motifs is 1. The number of nitrogens with one attached hydrogen (secondary N) is 1. The molecule has 0 radical (unpaired) electrons. The Morgan fingerprint density at radius 3 is 2.74 bits per heavy atom. The van der Waals surface area contributed by atoms with Crippen LogP contribution in [0.4, 0.5) is 5.82 Å². The average Bonchev–Trinajstić information content (AvgIpc) is 2.84. The van der Waals surface area contributed by atoms with E-state index in [1.54, 1.807) is 11.3 Å². The van der Waals surface area contributed by atoms with Gasteiger partial charge in [-0.3, -0.25) is 0 Å². The molecule has 0 aliphatic carbocycles. The van der Waals surface area contributed by atoms with Crippen molar-refractivity contribution in [1.82, 2.24) is 9.97 Å². The van der Waals surface area contributed by atoms with Gasteiger partial charge in [-0.15, -0.1) is 0 Å². The molecule has 0 amide bonds. The third kappa shape index (κ3) is 2.24. The van der Waals surface area contributed by atoms with Gasteiger partial charge in [-0.25, -0.2) is 9.97 Å². The Kier molecular flexibility index (Phi) is 3.24. The quantitative estimate of drug-likeness (QED) is 0.751. The van der Waals surface area contributed by atoms with Crippen molar-refractivity contribution in [3.63, 3.8) is 0 Å². The molecule has 3 nitrogen and oxygen atoms in total. The highest BCUT2D eigenvalue weighted by Crippen LogP contribution is 2.29. The fourth-order valence-corrected chi connectivity index (χ4v) is 3.19. The Labute approximate surface area is 123 Å². The lowest BCUT2D eigenvalue weighted by Gasteiger charge is -2.08. The smallest absolute Gasteiger partial charge is 0.163 e. The summed E-state index contributed by atoms with van der Waals surface area (Å²) in [5.74, 6) is 1.63. The number of nitrogens with zero attached hydrogens (tertiary/aromatic N) is 2. The maximum atomic E-state index is 4.66. The van der Waals surface area contributed by atoms with Crippen molar-refractivity contribution in [3.05, 3.63) is 39.0 Å². The number of thiophene rings is 1. The summed E-state index contributed by atoms with van der Waals surface area (Å²) < 4.78 is 1.03. The molecule has 0 spiro atoms. The molecule has 96 valence electrons. The van der Waals surface area contributed by atoms with Crippen LogP contribution in [0.2, 0.25) is 0 Å². The molecule has 3 rings (SSSR count). The predicted molar refractivity (Wildman–Crippen MR) is 84.8 cm³/mol. The first-order valence-electron chi connectivity index (χ1n) is 5.87. The summed E-state index contributed by atoms with van der Waals surface area (Å²) in [5.41, 5.74) is 3.26. The second-order valence-corrected chi connectivity index (χ2v) is 5.94. The van der Waals surface area contributed by atoms with Crippen LogP contribution < -0.4 is 5.32 Å². The van der Waals surface area contributed by atoms with E-state index in [9.17, 15) is 0 Å². The molecule has 19 heavy (non-hydrogen) atoms. The van der Waals surface area contributed by atoms with E-state index in [1.165, 1.54) is 5.56 Å². The average molecular weight is 334 g/mol. The van der Waals surface area contributed by atoms with E-state index in [2.05, 4.69) is 48.9 Å². The van der Waals surface area contributed by atoms with Crippen LogP contribution in [0.1, 0.15) is 5.56 Å². The number of anilines is 1. The monoisotopic (exact) mass is 333 g/mol. The number of hydrogen-bond donors (Lipinski definition) is 1. The molecule has 0 aliphatic heterocycles. The van der Waals surface area contributed by atoms with E-state index < -0.39 is 0 Å². The summed E-state index contributed by atoms with van der Waals surface area (Å²) in [6, 6.07) is 6.04. The summed E-state index contributed by atoms with van der Waals surface area (Å²) >= 11 is 5.16. The van der Waals surface area contributed by atoms with Crippen LogP contribution in [-0.2, 0) is 0 Å². The van der Waals surface area contributed by atoms with Gasteiger partial charge < -0.3 is 5.32 Å². The van der Waals surface area contributed by atoms with Gasteiger partial charge in [0.25, 0.3) is 0 Å². The molecule has 3 aromatic rings. The van der Waals surface area contributed by atoms with Crippen molar-refractivity contribution in [2.75, 3.05) is 12.4 Å². The van der Waals surface area contributed by atoms with E-state index in [-0.39, 0.29) is 0 Å². The molecular weight excluding hydrogens is 322 g/mol. The lowest BCUT2D eigenvalue weighted by Crippen LogP contribution is -1.98. The number of halogens is 1. The summed E-state index contributed by atoms with van der Waals surface area (Å²) in [7, 11) is 1.88. The van der Waals surface area contributed by atoms with Gasteiger partial charge in [-0.1, -0.05) is 15.9 Å². The molecule has 5 heteroatoms. The van der Waals surface area contributed by atoms with Crippen LogP contribution in [0.5, 0.6) is 0 Å². The van der Waals surface area contributed by atoms with Crippen molar-refractivity contribution in [2.45, 2.75) is 6.92 Å². The topological polar surface area (TPSA) is 37.8 Å². The fourth-order valence-electron chi connectivity index (χ4n) is 2.00. The number of benzene rings is 1. The van der Waals surface area contributed by atoms with Crippen molar-refractivity contribution in [3.8, 4) is 11.4 Å². The molecule has 0 aliphatic rings. The lowest BCUT2D eigenvalue weighted by atomic mass is 10.2. The fraction of sp³-hybridized carbons (Fsp3) is 0.143. The highest BCUT2D eigenvalue weighted by Gasteiger charge is 2.11. The molecule has 2 aromatic heterocycles. The molecule has 0 saturated carbocycles. The van der Waals surface area contributed by atoms with Crippen molar-refractivity contribution in [1.29, 1.82) is 0 Å². The van der Waals surface area contributed by atoms with Crippen LogP contribution in [0.3, 0.4) is 0 Å². The predicted octanol–water partition coefficient (Wildman–Crippen LogP) is 4.47.